The Bertz CT molecular complexity index is 901. The summed E-state index contributed by atoms with van der Waals surface area (Å²) in [5.41, 5.74) is 2.72. The Kier molecular flexibility index (Phi) is 3.11. The lowest BCUT2D eigenvalue weighted by Gasteiger charge is -2.25. The molecule has 0 radical (unpaired) electrons. The second-order valence-electron chi connectivity index (χ2n) is 6.12. The van der Waals surface area contributed by atoms with Crippen molar-refractivity contribution in [2.75, 3.05) is 0 Å². The van der Waals surface area contributed by atoms with E-state index in [1.54, 1.807) is 12.3 Å². The Morgan fingerprint density at radius 1 is 0.957 bits per heavy atom. The van der Waals surface area contributed by atoms with E-state index in [1.807, 2.05) is 24.3 Å². The molecule has 23 heavy (non-hydrogen) atoms. The van der Waals surface area contributed by atoms with Crippen LogP contribution in [0.3, 0.4) is 0 Å². The van der Waals surface area contributed by atoms with Crippen molar-refractivity contribution in [3.05, 3.63) is 89.4 Å². The van der Waals surface area contributed by atoms with Gasteiger partial charge in [0.2, 0.25) is 0 Å². The number of halogens is 1. The van der Waals surface area contributed by atoms with E-state index >= 15 is 0 Å². The Labute approximate surface area is 141 Å². The largest absolute Gasteiger partial charge is 0.256 e. The van der Waals surface area contributed by atoms with Crippen LogP contribution in [-0.4, -0.2) is 4.98 Å². The molecule has 0 atom stereocenters. The molecule has 116 valence electrons. The van der Waals surface area contributed by atoms with Crippen molar-refractivity contribution in [1.29, 1.82) is 0 Å². The lowest BCUT2D eigenvalue weighted by atomic mass is 9.79. The summed E-state index contributed by atoms with van der Waals surface area (Å²) in [5, 5.41) is 0. The molecule has 2 heteroatoms. The van der Waals surface area contributed by atoms with Gasteiger partial charge in [-0.05, 0) is 41.7 Å². The van der Waals surface area contributed by atoms with Gasteiger partial charge in [-0.2, -0.15) is 0 Å². The second kappa shape index (κ2) is 5.96. The highest BCUT2D eigenvalue weighted by Gasteiger charge is 2.23. The fraction of sp³-hybridized carbons (Fsp3) is 0.190. The maximum Gasteiger partial charge on any atom is 0.132 e. The van der Waals surface area contributed by atoms with E-state index in [0.717, 1.165) is 11.6 Å². The summed E-state index contributed by atoms with van der Waals surface area (Å²) in [6.07, 6.45) is 1.75. The average molecular weight is 308 g/mol. The van der Waals surface area contributed by atoms with E-state index < -0.39 is 12.7 Å². The van der Waals surface area contributed by atoms with Crippen LogP contribution >= 0.6 is 0 Å². The van der Waals surface area contributed by atoms with Crippen LogP contribution in [-0.2, 0) is 5.41 Å². The molecule has 0 aliphatic carbocycles. The summed E-state index contributed by atoms with van der Waals surface area (Å²) in [6.45, 7) is 1.91. The first kappa shape index (κ1) is 12.0. The average Bonchev–Trinajstić information content (AvgIpc) is 2.62. The highest BCUT2D eigenvalue weighted by atomic mass is 19.1. The number of aromatic nitrogens is 1. The van der Waals surface area contributed by atoms with Crippen LogP contribution in [0.4, 0.5) is 4.39 Å². The molecule has 0 bridgehead atoms. The summed E-state index contributed by atoms with van der Waals surface area (Å²) in [4.78, 5) is 4.41. The van der Waals surface area contributed by atoms with Gasteiger partial charge in [0.15, 0.2) is 0 Å². The van der Waals surface area contributed by atoms with Gasteiger partial charge in [-0.1, -0.05) is 56.3 Å². The first-order chi connectivity index (χ1) is 12.2. The number of hydrogen-bond donors (Lipinski definition) is 0. The van der Waals surface area contributed by atoms with E-state index in [9.17, 15) is 4.39 Å². The maximum absolute atomic E-state index is 14.4. The predicted molar refractivity (Wildman–Crippen MR) is 92.9 cm³/mol. The van der Waals surface area contributed by atoms with Crippen molar-refractivity contribution in [3.63, 3.8) is 0 Å². The molecule has 0 N–H and O–H groups in total. The molecule has 1 heterocycles. The highest BCUT2D eigenvalue weighted by Crippen LogP contribution is 2.32. The van der Waals surface area contributed by atoms with Crippen LogP contribution in [0.15, 0.2) is 66.9 Å². The molecule has 0 aliphatic heterocycles. The monoisotopic (exact) mass is 308 g/mol. The van der Waals surface area contributed by atoms with Gasteiger partial charge in [-0.15, -0.1) is 0 Å². The van der Waals surface area contributed by atoms with Gasteiger partial charge < -0.3 is 0 Å². The van der Waals surface area contributed by atoms with Crippen molar-refractivity contribution in [2.45, 2.75) is 26.1 Å². The normalized spacial score (nSPS) is 14.0. The van der Waals surface area contributed by atoms with Gasteiger partial charge in [0.1, 0.15) is 5.82 Å². The Morgan fingerprint density at radius 2 is 1.74 bits per heavy atom. The van der Waals surface area contributed by atoms with Gasteiger partial charge in [0.05, 0.1) is 5.69 Å². The van der Waals surface area contributed by atoms with Crippen molar-refractivity contribution in [3.8, 4) is 11.3 Å². The molecular formula is C21H20FN. The van der Waals surface area contributed by atoms with E-state index in [4.69, 9.17) is 4.11 Å². The van der Waals surface area contributed by atoms with Crippen LogP contribution in [0.1, 0.15) is 34.7 Å². The third-order valence-electron chi connectivity index (χ3n) is 4.23. The summed E-state index contributed by atoms with van der Waals surface area (Å²) in [6, 6.07) is 17.8. The predicted octanol–water partition coefficient (Wildman–Crippen LogP) is 5.52. The molecule has 0 amide bonds. The molecule has 3 rings (SSSR count). The molecule has 1 aromatic heterocycles. The Balaban J connectivity index is 1.93. The molecule has 3 aromatic rings. The highest BCUT2D eigenvalue weighted by molar-refractivity contribution is 5.60. The zero-order valence-electron chi connectivity index (χ0n) is 16.2. The molecule has 0 saturated heterocycles. The molecule has 2 aromatic carbocycles. The van der Waals surface area contributed by atoms with Crippen molar-refractivity contribution >= 4 is 0 Å². The Hall–Kier alpha value is -2.48. The summed E-state index contributed by atoms with van der Waals surface area (Å²) in [7, 11) is 0. The van der Waals surface area contributed by atoms with Gasteiger partial charge in [0.25, 0.3) is 0 Å². The third kappa shape index (κ3) is 3.02. The first-order valence-corrected chi connectivity index (χ1v) is 7.52. The molecular weight excluding hydrogens is 285 g/mol. The molecule has 0 aliphatic rings. The number of rotatable bonds is 3. The van der Waals surface area contributed by atoms with Gasteiger partial charge in [-0.3, -0.25) is 4.98 Å². The van der Waals surface area contributed by atoms with Crippen molar-refractivity contribution in [2.24, 2.45) is 0 Å². The van der Waals surface area contributed by atoms with Gasteiger partial charge >= 0.3 is 0 Å². The Morgan fingerprint density at radius 3 is 2.35 bits per heavy atom. The topological polar surface area (TPSA) is 12.9 Å². The zero-order chi connectivity index (χ0) is 18.9. The molecule has 0 spiro atoms. The number of benzene rings is 2. The van der Waals surface area contributed by atoms with Crippen molar-refractivity contribution < 1.29 is 8.50 Å². The lowest BCUT2D eigenvalue weighted by molar-refractivity contribution is 0.628. The van der Waals surface area contributed by atoms with Crippen LogP contribution in [0.25, 0.3) is 11.3 Å². The summed E-state index contributed by atoms with van der Waals surface area (Å²) < 4.78 is 36.5. The maximum atomic E-state index is 14.4. The van der Waals surface area contributed by atoms with Crippen LogP contribution < -0.4 is 0 Å². The molecule has 0 unspecified atom stereocenters. The van der Waals surface area contributed by atoms with Crippen LogP contribution in [0, 0.1) is 12.7 Å². The summed E-state index contributed by atoms with van der Waals surface area (Å²) >= 11 is 0. The minimum absolute atomic E-state index is 0.0134. The van der Waals surface area contributed by atoms with Gasteiger partial charge in [0, 0.05) is 21.3 Å². The van der Waals surface area contributed by atoms with E-state index in [-0.39, 0.29) is 11.0 Å². The van der Waals surface area contributed by atoms with Gasteiger partial charge in [-0.25, -0.2) is 4.39 Å². The standard InChI is InChI=1S/C21H20FN/c1-15-9-11-18(19(22)13-15)20-12-10-17(14-23-20)21(2,3)16-7-5-4-6-8-16/h4-14H,1-3H3/i1D3. The number of aryl methyl sites for hydroxylation is 1. The van der Waals surface area contributed by atoms with E-state index in [1.165, 1.54) is 17.7 Å². The fourth-order valence-electron chi connectivity index (χ4n) is 2.67. The number of pyridine rings is 1. The van der Waals surface area contributed by atoms with Crippen molar-refractivity contribution in [1.82, 2.24) is 4.98 Å². The number of nitrogens with zero attached hydrogens (tertiary/aromatic N) is 1. The quantitative estimate of drug-likeness (QED) is 0.620. The lowest BCUT2D eigenvalue weighted by Crippen LogP contribution is -2.19. The number of hydrogen-bond acceptors (Lipinski definition) is 1. The van der Waals surface area contributed by atoms with E-state index in [0.29, 0.717) is 11.3 Å². The fourth-order valence-corrected chi connectivity index (χ4v) is 2.67. The minimum atomic E-state index is -2.32. The SMILES string of the molecule is [2H]C([2H])([2H])c1ccc(-c2ccc(C(C)(C)c3ccccc3)cn2)c(F)c1. The molecule has 0 saturated carbocycles. The van der Waals surface area contributed by atoms with Crippen LogP contribution in [0.2, 0.25) is 0 Å². The minimum Gasteiger partial charge on any atom is -0.256 e. The molecule has 1 nitrogen and oxygen atoms in total. The first-order valence-electron chi connectivity index (χ1n) is 9.02. The smallest absolute Gasteiger partial charge is 0.132 e. The van der Waals surface area contributed by atoms with Crippen LogP contribution in [0.5, 0.6) is 0 Å². The van der Waals surface area contributed by atoms with E-state index in [2.05, 4.69) is 31.0 Å². The third-order valence-corrected chi connectivity index (χ3v) is 4.23. The molecule has 0 fully saturated rings. The second-order valence-corrected chi connectivity index (χ2v) is 6.12. The summed E-state index contributed by atoms with van der Waals surface area (Å²) in [5.74, 6) is -0.582. The zero-order valence-corrected chi connectivity index (χ0v) is 13.2.